The zero-order chi connectivity index (χ0) is 19.4. The van der Waals surface area contributed by atoms with E-state index in [4.69, 9.17) is 23.7 Å². The van der Waals surface area contributed by atoms with Crippen LogP contribution in [0.15, 0.2) is 48.2 Å². The maximum Gasteiger partial charge on any atom is 0.336 e. The summed E-state index contributed by atoms with van der Waals surface area (Å²) in [6.07, 6.45) is 3.23. The second-order valence-corrected chi connectivity index (χ2v) is 5.67. The van der Waals surface area contributed by atoms with Crippen molar-refractivity contribution in [3.8, 4) is 23.0 Å². The van der Waals surface area contributed by atoms with Gasteiger partial charge < -0.3 is 23.7 Å². The Morgan fingerprint density at radius 2 is 1.37 bits per heavy atom. The normalized spacial score (nSPS) is 14.6. The second-order valence-electron chi connectivity index (χ2n) is 5.67. The van der Waals surface area contributed by atoms with Gasteiger partial charge in [-0.15, -0.1) is 0 Å². The van der Waals surface area contributed by atoms with Crippen LogP contribution in [0.2, 0.25) is 0 Å². The molecule has 0 aromatic heterocycles. The molecule has 6 nitrogen and oxygen atoms in total. The molecule has 0 amide bonds. The van der Waals surface area contributed by atoms with Crippen LogP contribution in [0.25, 0.3) is 11.6 Å². The Balaban J connectivity index is 2.00. The predicted molar refractivity (Wildman–Crippen MR) is 101 cm³/mol. The molecule has 1 aliphatic rings. The van der Waals surface area contributed by atoms with Gasteiger partial charge in [-0.05, 0) is 41.5 Å². The molecular formula is C21H20O6. The second kappa shape index (κ2) is 7.86. The Labute approximate surface area is 157 Å². The van der Waals surface area contributed by atoms with Gasteiger partial charge in [0.25, 0.3) is 0 Å². The highest BCUT2D eigenvalue weighted by Crippen LogP contribution is 2.37. The van der Waals surface area contributed by atoms with Gasteiger partial charge in [-0.3, -0.25) is 0 Å². The van der Waals surface area contributed by atoms with Crippen LogP contribution in [0.1, 0.15) is 11.1 Å². The molecule has 0 unspecified atom stereocenters. The molecule has 0 aliphatic carbocycles. The molecule has 1 aliphatic heterocycles. The number of cyclic esters (lactones) is 1. The minimum Gasteiger partial charge on any atom is -0.493 e. The Hall–Kier alpha value is -3.41. The molecule has 0 radical (unpaired) electrons. The fourth-order valence-electron chi connectivity index (χ4n) is 2.81. The van der Waals surface area contributed by atoms with Crippen LogP contribution in [0.3, 0.4) is 0 Å². The van der Waals surface area contributed by atoms with Crippen LogP contribution >= 0.6 is 0 Å². The lowest BCUT2D eigenvalue weighted by Gasteiger charge is -2.11. The minimum atomic E-state index is -0.425. The fourth-order valence-corrected chi connectivity index (χ4v) is 2.81. The summed E-state index contributed by atoms with van der Waals surface area (Å²) in [5.41, 5.74) is 2.25. The molecule has 0 bridgehead atoms. The standard InChI is InChI=1S/C21H20O6/c1-23-16-7-5-13(10-19(16)25-3)9-18-15(12-21(22)27-18)14-6-8-17(24-2)20(11-14)26-4/h5-12H,1-4H3. The Kier molecular flexibility index (Phi) is 5.35. The van der Waals surface area contributed by atoms with Gasteiger partial charge in [0, 0.05) is 11.6 Å². The first-order valence-corrected chi connectivity index (χ1v) is 8.19. The number of rotatable bonds is 6. The predicted octanol–water partition coefficient (Wildman–Crippen LogP) is 3.70. The van der Waals surface area contributed by atoms with E-state index in [2.05, 4.69) is 0 Å². The van der Waals surface area contributed by atoms with Crippen molar-refractivity contribution < 1.29 is 28.5 Å². The maximum absolute atomic E-state index is 11.9. The van der Waals surface area contributed by atoms with Crippen LogP contribution < -0.4 is 18.9 Å². The molecule has 0 spiro atoms. The highest BCUT2D eigenvalue weighted by atomic mass is 16.5. The van der Waals surface area contributed by atoms with Gasteiger partial charge in [-0.25, -0.2) is 4.79 Å². The third-order valence-corrected chi connectivity index (χ3v) is 4.14. The monoisotopic (exact) mass is 368 g/mol. The summed E-state index contributed by atoms with van der Waals surface area (Å²) >= 11 is 0. The first-order chi connectivity index (χ1) is 13.1. The molecule has 3 rings (SSSR count). The summed E-state index contributed by atoms with van der Waals surface area (Å²) in [4.78, 5) is 11.9. The number of hydrogen-bond acceptors (Lipinski definition) is 6. The van der Waals surface area contributed by atoms with Gasteiger partial charge in [-0.2, -0.15) is 0 Å². The van der Waals surface area contributed by atoms with Gasteiger partial charge >= 0.3 is 5.97 Å². The van der Waals surface area contributed by atoms with Gasteiger partial charge in [0.2, 0.25) is 0 Å². The van der Waals surface area contributed by atoms with E-state index in [1.54, 1.807) is 52.7 Å². The molecule has 0 N–H and O–H groups in total. The first kappa shape index (κ1) is 18.4. The SMILES string of the molecule is COc1ccc(C=C2OC(=O)C=C2c2ccc(OC)c(OC)c2)cc1OC. The van der Waals surface area contributed by atoms with Crippen molar-refractivity contribution in [2.75, 3.05) is 28.4 Å². The maximum atomic E-state index is 11.9. The van der Waals surface area contributed by atoms with E-state index in [0.717, 1.165) is 11.1 Å². The molecule has 6 heteroatoms. The molecular weight excluding hydrogens is 348 g/mol. The third kappa shape index (κ3) is 3.74. The lowest BCUT2D eigenvalue weighted by Crippen LogP contribution is -1.94. The lowest BCUT2D eigenvalue weighted by atomic mass is 10.0. The molecule has 0 fully saturated rings. The Morgan fingerprint density at radius 1 is 0.778 bits per heavy atom. The summed E-state index contributed by atoms with van der Waals surface area (Å²) in [6.45, 7) is 0. The number of ether oxygens (including phenoxy) is 5. The van der Waals surface area contributed by atoms with Gasteiger partial charge in [0.05, 0.1) is 28.4 Å². The minimum absolute atomic E-state index is 0.425. The number of benzene rings is 2. The number of carbonyl (C=O) groups excluding carboxylic acids is 1. The molecule has 140 valence electrons. The van der Waals surface area contributed by atoms with Gasteiger partial charge in [0.1, 0.15) is 5.76 Å². The van der Waals surface area contributed by atoms with E-state index in [0.29, 0.717) is 34.3 Å². The van der Waals surface area contributed by atoms with E-state index in [-0.39, 0.29) is 0 Å². The zero-order valence-electron chi connectivity index (χ0n) is 15.6. The van der Waals surface area contributed by atoms with Crippen LogP contribution in [-0.4, -0.2) is 34.4 Å². The fraction of sp³-hybridized carbons (Fsp3) is 0.190. The summed E-state index contributed by atoms with van der Waals surface area (Å²) in [7, 11) is 6.28. The van der Waals surface area contributed by atoms with Crippen molar-refractivity contribution in [1.29, 1.82) is 0 Å². The van der Waals surface area contributed by atoms with Gasteiger partial charge in [0.15, 0.2) is 23.0 Å². The van der Waals surface area contributed by atoms with Crippen molar-refractivity contribution in [1.82, 2.24) is 0 Å². The van der Waals surface area contributed by atoms with E-state index in [1.165, 1.54) is 6.08 Å². The van der Waals surface area contributed by atoms with Crippen LogP contribution in [0.4, 0.5) is 0 Å². The first-order valence-electron chi connectivity index (χ1n) is 8.19. The molecule has 2 aromatic carbocycles. The van der Waals surface area contributed by atoms with Crippen LogP contribution in [-0.2, 0) is 9.53 Å². The molecule has 0 saturated carbocycles. The quantitative estimate of drug-likeness (QED) is 0.725. The number of methoxy groups -OCH3 is 4. The smallest absolute Gasteiger partial charge is 0.336 e. The van der Waals surface area contributed by atoms with Crippen molar-refractivity contribution in [2.24, 2.45) is 0 Å². The Morgan fingerprint density at radius 3 is 2.00 bits per heavy atom. The van der Waals surface area contributed by atoms with Crippen LogP contribution in [0, 0.1) is 0 Å². The van der Waals surface area contributed by atoms with Crippen molar-refractivity contribution in [3.63, 3.8) is 0 Å². The van der Waals surface area contributed by atoms with Crippen LogP contribution in [0.5, 0.6) is 23.0 Å². The Bertz CT molecular complexity index is 926. The summed E-state index contributed by atoms with van der Waals surface area (Å²) < 4.78 is 26.6. The average Bonchev–Trinajstić information content (AvgIpc) is 3.07. The third-order valence-electron chi connectivity index (χ3n) is 4.14. The highest BCUT2D eigenvalue weighted by Gasteiger charge is 2.23. The van der Waals surface area contributed by atoms with Crippen molar-refractivity contribution in [3.05, 3.63) is 59.4 Å². The molecule has 2 aromatic rings. The van der Waals surface area contributed by atoms with Crippen molar-refractivity contribution >= 4 is 17.6 Å². The summed E-state index contributed by atoms with van der Waals surface area (Å²) in [6, 6.07) is 10.9. The largest absolute Gasteiger partial charge is 0.493 e. The lowest BCUT2D eigenvalue weighted by molar-refractivity contribution is -0.132. The number of allylic oxidation sites excluding steroid dienone is 1. The van der Waals surface area contributed by atoms with E-state index in [1.807, 2.05) is 18.2 Å². The van der Waals surface area contributed by atoms with Gasteiger partial charge in [-0.1, -0.05) is 12.1 Å². The topological polar surface area (TPSA) is 63.2 Å². The summed E-state index contributed by atoms with van der Waals surface area (Å²) in [5, 5.41) is 0. The number of esters is 1. The zero-order valence-corrected chi connectivity index (χ0v) is 15.6. The highest BCUT2D eigenvalue weighted by molar-refractivity contribution is 6.03. The summed E-state index contributed by atoms with van der Waals surface area (Å²) in [5.74, 6) is 2.41. The number of carbonyl (C=O) groups is 1. The van der Waals surface area contributed by atoms with Crippen molar-refractivity contribution in [2.45, 2.75) is 0 Å². The van der Waals surface area contributed by atoms with E-state index >= 15 is 0 Å². The number of hydrogen-bond donors (Lipinski definition) is 0. The molecule has 27 heavy (non-hydrogen) atoms. The average molecular weight is 368 g/mol. The molecule has 1 heterocycles. The molecule has 0 atom stereocenters. The van der Waals surface area contributed by atoms with E-state index in [9.17, 15) is 4.79 Å². The van der Waals surface area contributed by atoms with E-state index < -0.39 is 5.97 Å². The molecule has 0 saturated heterocycles.